The van der Waals surface area contributed by atoms with Gasteiger partial charge in [-0.25, -0.2) is 4.98 Å². The number of aryl methyl sites for hydroxylation is 1. The maximum atomic E-state index is 5.86. The van der Waals surface area contributed by atoms with Crippen LogP contribution >= 0.6 is 0 Å². The molecule has 0 aliphatic heterocycles. The van der Waals surface area contributed by atoms with Crippen molar-refractivity contribution in [1.82, 2.24) is 4.98 Å². The number of hydrogen-bond acceptors (Lipinski definition) is 2. The molecular formula is C31H59N2O+. The SMILES string of the molecule is CCCCCCCCCCCCCCCCCC[N+](C)(C)Cc1ccc(OCCCC)c(C)n1. The molecule has 1 rings (SSSR count). The van der Waals surface area contributed by atoms with Crippen molar-refractivity contribution < 1.29 is 9.22 Å². The number of hydrogen-bond donors (Lipinski definition) is 0. The van der Waals surface area contributed by atoms with Crippen molar-refractivity contribution in [3.8, 4) is 5.75 Å². The molecule has 3 nitrogen and oxygen atoms in total. The van der Waals surface area contributed by atoms with Crippen LogP contribution in [0.5, 0.6) is 5.75 Å². The lowest BCUT2D eigenvalue weighted by Crippen LogP contribution is -2.39. The van der Waals surface area contributed by atoms with Crippen LogP contribution in [0.25, 0.3) is 0 Å². The molecule has 0 saturated heterocycles. The second kappa shape index (κ2) is 20.1. The van der Waals surface area contributed by atoms with Gasteiger partial charge in [0.25, 0.3) is 0 Å². The summed E-state index contributed by atoms with van der Waals surface area (Å²) in [5, 5.41) is 0. The molecule has 198 valence electrons. The van der Waals surface area contributed by atoms with Gasteiger partial charge in [0.2, 0.25) is 0 Å². The Kier molecular flexibility index (Phi) is 18.3. The monoisotopic (exact) mass is 475 g/mol. The summed E-state index contributed by atoms with van der Waals surface area (Å²) < 4.78 is 6.87. The molecule has 0 aromatic carbocycles. The standard InChI is InChI=1S/C31H59N2O/c1-6-8-10-11-12-13-14-15-16-17-18-19-20-21-22-23-26-33(4,5)28-30-24-25-31(29(3)32-30)34-27-9-7-2/h24-25H,6-23,26-28H2,1-5H3/q+1. The van der Waals surface area contributed by atoms with Crippen molar-refractivity contribution in [3.63, 3.8) is 0 Å². The van der Waals surface area contributed by atoms with Crippen LogP contribution in [0.3, 0.4) is 0 Å². The molecule has 0 bridgehead atoms. The Hall–Kier alpha value is -1.09. The second-order valence-corrected chi connectivity index (χ2v) is 11.2. The summed E-state index contributed by atoms with van der Waals surface area (Å²) >= 11 is 0. The lowest BCUT2D eigenvalue weighted by Gasteiger charge is -2.29. The third-order valence-electron chi connectivity index (χ3n) is 7.06. The van der Waals surface area contributed by atoms with Gasteiger partial charge in [0.1, 0.15) is 12.3 Å². The molecule has 0 saturated carbocycles. The fourth-order valence-corrected chi connectivity index (χ4v) is 4.77. The van der Waals surface area contributed by atoms with E-state index in [0.717, 1.165) is 41.9 Å². The fourth-order valence-electron chi connectivity index (χ4n) is 4.77. The highest BCUT2D eigenvalue weighted by Gasteiger charge is 2.17. The average Bonchev–Trinajstić information content (AvgIpc) is 2.80. The highest BCUT2D eigenvalue weighted by Crippen LogP contribution is 2.19. The van der Waals surface area contributed by atoms with Gasteiger partial charge >= 0.3 is 0 Å². The van der Waals surface area contributed by atoms with Gasteiger partial charge in [-0.15, -0.1) is 0 Å². The molecule has 0 amide bonds. The predicted octanol–water partition coefficient (Wildman–Crippen LogP) is 9.41. The first kappa shape index (κ1) is 30.9. The van der Waals surface area contributed by atoms with E-state index < -0.39 is 0 Å². The summed E-state index contributed by atoms with van der Waals surface area (Å²) in [7, 11) is 4.68. The summed E-state index contributed by atoms with van der Waals surface area (Å²) in [6, 6.07) is 4.27. The molecule has 1 heterocycles. The minimum atomic E-state index is 0.791. The van der Waals surface area contributed by atoms with Crippen LogP contribution in [-0.4, -0.2) is 36.7 Å². The molecule has 0 radical (unpaired) electrons. The summed E-state index contributed by atoms with van der Waals surface area (Å²) in [6.07, 6.45) is 25.1. The first-order chi connectivity index (χ1) is 16.5. The van der Waals surface area contributed by atoms with Gasteiger partial charge in [-0.3, -0.25) is 0 Å². The van der Waals surface area contributed by atoms with Gasteiger partial charge < -0.3 is 9.22 Å². The Morgan fingerprint density at radius 2 is 1.12 bits per heavy atom. The molecule has 3 heteroatoms. The van der Waals surface area contributed by atoms with Crippen LogP contribution in [0.4, 0.5) is 0 Å². The number of ether oxygens (including phenoxy) is 1. The minimum Gasteiger partial charge on any atom is -0.492 e. The van der Waals surface area contributed by atoms with Crippen molar-refractivity contribution in [3.05, 3.63) is 23.5 Å². The normalized spacial score (nSPS) is 11.8. The molecule has 0 aliphatic carbocycles. The Labute approximate surface area is 213 Å². The van der Waals surface area contributed by atoms with E-state index in [-0.39, 0.29) is 0 Å². The van der Waals surface area contributed by atoms with Crippen LogP contribution in [-0.2, 0) is 6.54 Å². The van der Waals surface area contributed by atoms with E-state index in [1.54, 1.807) is 0 Å². The zero-order valence-electron chi connectivity index (χ0n) is 23.8. The molecule has 0 spiro atoms. The quantitative estimate of drug-likeness (QED) is 0.116. The molecule has 0 aliphatic rings. The van der Waals surface area contributed by atoms with Crippen molar-refractivity contribution in [1.29, 1.82) is 0 Å². The van der Waals surface area contributed by atoms with E-state index in [2.05, 4.69) is 47.0 Å². The first-order valence-corrected chi connectivity index (χ1v) is 14.9. The largest absolute Gasteiger partial charge is 0.492 e. The maximum Gasteiger partial charge on any atom is 0.140 e. The van der Waals surface area contributed by atoms with E-state index in [1.165, 1.54) is 115 Å². The molecule has 0 atom stereocenters. The Morgan fingerprint density at radius 1 is 0.647 bits per heavy atom. The van der Waals surface area contributed by atoms with Gasteiger partial charge in [0.05, 0.1) is 38.6 Å². The lowest BCUT2D eigenvalue weighted by atomic mass is 10.0. The Balaban J connectivity index is 2.01. The van der Waals surface area contributed by atoms with Crippen LogP contribution in [0, 0.1) is 6.92 Å². The van der Waals surface area contributed by atoms with Gasteiger partial charge in [0.15, 0.2) is 0 Å². The van der Waals surface area contributed by atoms with Gasteiger partial charge in [0, 0.05) is 0 Å². The minimum absolute atomic E-state index is 0.791. The number of rotatable bonds is 23. The van der Waals surface area contributed by atoms with Gasteiger partial charge in [-0.05, 0) is 38.3 Å². The van der Waals surface area contributed by atoms with Crippen molar-refractivity contribution >= 4 is 0 Å². The topological polar surface area (TPSA) is 22.1 Å². The zero-order valence-corrected chi connectivity index (χ0v) is 23.8. The predicted molar refractivity (Wildman–Crippen MR) is 150 cm³/mol. The molecular weight excluding hydrogens is 416 g/mol. The summed E-state index contributed by atoms with van der Waals surface area (Å²) in [5.74, 6) is 0.945. The highest BCUT2D eigenvalue weighted by molar-refractivity contribution is 5.28. The Bertz CT molecular complexity index is 599. The van der Waals surface area contributed by atoms with Crippen LogP contribution < -0.4 is 4.74 Å². The number of pyridine rings is 1. The smallest absolute Gasteiger partial charge is 0.140 e. The van der Waals surface area contributed by atoms with E-state index in [0.29, 0.717) is 0 Å². The molecule has 1 aromatic rings. The first-order valence-electron chi connectivity index (χ1n) is 14.9. The van der Waals surface area contributed by atoms with E-state index in [1.807, 2.05) is 0 Å². The lowest BCUT2D eigenvalue weighted by molar-refractivity contribution is -0.904. The van der Waals surface area contributed by atoms with E-state index >= 15 is 0 Å². The van der Waals surface area contributed by atoms with Crippen LogP contribution in [0.15, 0.2) is 12.1 Å². The Morgan fingerprint density at radius 3 is 1.59 bits per heavy atom. The summed E-state index contributed by atoms with van der Waals surface area (Å²) in [6.45, 7) is 9.57. The summed E-state index contributed by atoms with van der Waals surface area (Å²) in [4.78, 5) is 4.82. The van der Waals surface area contributed by atoms with E-state index in [9.17, 15) is 0 Å². The van der Waals surface area contributed by atoms with Gasteiger partial charge in [-0.2, -0.15) is 0 Å². The molecule has 0 fully saturated rings. The molecule has 0 N–H and O–H groups in total. The number of unbranched alkanes of at least 4 members (excludes halogenated alkanes) is 16. The van der Waals surface area contributed by atoms with E-state index in [4.69, 9.17) is 9.72 Å². The average molecular weight is 476 g/mol. The molecule has 0 unspecified atom stereocenters. The fraction of sp³-hybridized carbons (Fsp3) is 0.839. The van der Waals surface area contributed by atoms with Crippen LogP contribution in [0.2, 0.25) is 0 Å². The highest BCUT2D eigenvalue weighted by atomic mass is 16.5. The van der Waals surface area contributed by atoms with Crippen LogP contribution in [0.1, 0.15) is 141 Å². The number of quaternary nitrogens is 1. The molecule has 34 heavy (non-hydrogen) atoms. The maximum absolute atomic E-state index is 5.86. The van der Waals surface area contributed by atoms with Crippen molar-refractivity contribution in [2.24, 2.45) is 0 Å². The van der Waals surface area contributed by atoms with Gasteiger partial charge in [-0.1, -0.05) is 110 Å². The third kappa shape index (κ3) is 16.5. The number of nitrogens with zero attached hydrogens (tertiary/aromatic N) is 2. The molecule has 1 aromatic heterocycles. The second-order valence-electron chi connectivity index (χ2n) is 11.2. The van der Waals surface area contributed by atoms with Crippen molar-refractivity contribution in [2.45, 2.75) is 143 Å². The third-order valence-corrected chi connectivity index (χ3v) is 7.06. The zero-order chi connectivity index (χ0) is 24.9. The number of aromatic nitrogens is 1. The summed E-state index contributed by atoms with van der Waals surface area (Å²) in [5.41, 5.74) is 2.21. The van der Waals surface area contributed by atoms with Crippen molar-refractivity contribution in [2.75, 3.05) is 27.2 Å².